The lowest BCUT2D eigenvalue weighted by atomic mass is 10.5. The van der Waals surface area contributed by atoms with Crippen LogP contribution in [-0.2, 0) is 23.6 Å². The first-order chi connectivity index (χ1) is 6.40. The second-order valence-electron chi connectivity index (χ2n) is 2.68. The second-order valence-corrected chi connectivity index (χ2v) is 4.42. The van der Waals surface area contributed by atoms with Gasteiger partial charge >= 0.3 is 0 Å². The SMILES string of the molecule is CCS(=O)(=O)O.CCc1nccn1C. The van der Waals surface area contributed by atoms with Crippen molar-refractivity contribution in [2.24, 2.45) is 7.05 Å². The Morgan fingerprint density at radius 3 is 2.14 bits per heavy atom. The van der Waals surface area contributed by atoms with Crippen LogP contribution in [0.5, 0.6) is 0 Å². The van der Waals surface area contributed by atoms with Crippen molar-refractivity contribution in [3.63, 3.8) is 0 Å². The van der Waals surface area contributed by atoms with Gasteiger partial charge in [-0.25, -0.2) is 4.98 Å². The molecule has 6 heteroatoms. The Balaban J connectivity index is 0.000000255. The molecule has 0 aliphatic heterocycles. The van der Waals surface area contributed by atoms with E-state index in [0.29, 0.717) is 0 Å². The number of hydrogen-bond donors (Lipinski definition) is 1. The highest BCUT2D eigenvalue weighted by molar-refractivity contribution is 7.85. The summed E-state index contributed by atoms with van der Waals surface area (Å²) >= 11 is 0. The summed E-state index contributed by atoms with van der Waals surface area (Å²) in [6.45, 7) is 3.47. The minimum Gasteiger partial charge on any atom is -0.338 e. The van der Waals surface area contributed by atoms with E-state index in [1.807, 2.05) is 24.0 Å². The van der Waals surface area contributed by atoms with E-state index in [1.54, 1.807) is 0 Å². The van der Waals surface area contributed by atoms with Crippen molar-refractivity contribution in [1.29, 1.82) is 0 Å². The Bertz CT molecular complexity index is 356. The van der Waals surface area contributed by atoms with Crippen LogP contribution in [0.2, 0.25) is 0 Å². The zero-order chi connectivity index (χ0) is 11.2. The molecular weight excluding hydrogens is 204 g/mol. The molecule has 0 aliphatic rings. The monoisotopic (exact) mass is 220 g/mol. The molecule has 1 heterocycles. The third kappa shape index (κ3) is 5.71. The fraction of sp³-hybridized carbons (Fsp3) is 0.625. The van der Waals surface area contributed by atoms with E-state index in [1.165, 1.54) is 6.92 Å². The molecular formula is C8H16N2O3S. The molecule has 0 spiro atoms. The van der Waals surface area contributed by atoms with Gasteiger partial charge in [0, 0.05) is 25.9 Å². The average Bonchev–Trinajstić information content (AvgIpc) is 2.51. The van der Waals surface area contributed by atoms with E-state index in [0.717, 1.165) is 12.2 Å². The predicted molar refractivity (Wildman–Crippen MR) is 54.7 cm³/mol. The summed E-state index contributed by atoms with van der Waals surface area (Å²) in [6.07, 6.45) is 4.79. The molecule has 0 saturated carbocycles. The Labute approximate surface area is 84.5 Å². The minimum absolute atomic E-state index is 0.201. The zero-order valence-corrected chi connectivity index (χ0v) is 9.45. The van der Waals surface area contributed by atoms with E-state index in [2.05, 4.69) is 11.9 Å². The first-order valence-electron chi connectivity index (χ1n) is 4.32. The Kier molecular flexibility index (Phi) is 5.40. The fourth-order valence-electron chi connectivity index (χ4n) is 0.737. The van der Waals surface area contributed by atoms with Crippen LogP contribution >= 0.6 is 0 Å². The van der Waals surface area contributed by atoms with E-state index in [-0.39, 0.29) is 5.75 Å². The van der Waals surface area contributed by atoms with Crippen molar-refractivity contribution < 1.29 is 13.0 Å². The molecule has 5 nitrogen and oxygen atoms in total. The maximum Gasteiger partial charge on any atom is 0.264 e. The van der Waals surface area contributed by atoms with E-state index in [4.69, 9.17) is 4.55 Å². The number of imidazole rings is 1. The molecule has 0 atom stereocenters. The van der Waals surface area contributed by atoms with Gasteiger partial charge in [0.1, 0.15) is 5.82 Å². The van der Waals surface area contributed by atoms with Gasteiger partial charge in [0.15, 0.2) is 0 Å². The van der Waals surface area contributed by atoms with Crippen molar-refractivity contribution >= 4 is 10.1 Å². The van der Waals surface area contributed by atoms with Crippen LogP contribution in [0.1, 0.15) is 19.7 Å². The van der Waals surface area contributed by atoms with Gasteiger partial charge < -0.3 is 4.57 Å². The summed E-state index contributed by atoms with van der Waals surface area (Å²) in [6, 6.07) is 0. The number of aryl methyl sites for hydroxylation is 2. The molecule has 0 fully saturated rings. The quantitative estimate of drug-likeness (QED) is 0.751. The van der Waals surface area contributed by atoms with Crippen LogP contribution in [0, 0.1) is 0 Å². The maximum atomic E-state index is 9.56. The first kappa shape index (κ1) is 13.1. The molecule has 14 heavy (non-hydrogen) atoms. The van der Waals surface area contributed by atoms with Crippen LogP contribution in [0.25, 0.3) is 0 Å². The smallest absolute Gasteiger partial charge is 0.264 e. The van der Waals surface area contributed by atoms with Crippen molar-refractivity contribution in [2.45, 2.75) is 20.3 Å². The van der Waals surface area contributed by atoms with Crippen LogP contribution in [0.4, 0.5) is 0 Å². The molecule has 1 rings (SSSR count). The van der Waals surface area contributed by atoms with Crippen LogP contribution < -0.4 is 0 Å². The van der Waals surface area contributed by atoms with Crippen molar-refractivity contribution in [1.82, 2.24) is 9.55 Å². The normalized spacial score (nSPS) is 10.6. The van der Waals surface area contributed by atoms with Gasteiger partial charge in [-0.05, 0) is 6.92 Å². The fourth-order valence-corrected chi connectivity index (χ4v) is 0.737. The summed E-state index contributed by atoms with van der Waals surface area (Å²) < 4.78 is 28.9. The van der Waals surface area contributed by atoms with E-state index < -0.39 is 10.1 Å². The lowest BCUT2D eigenvalue weighted by Crippen LogP contribution is -1.97. The molecule has 0 radical (unpaired) electrons. The summed E-state index contributed by atoms with van der Waals surface area (Å²) in [5.74, 6) is 0.942. The first-order valence-corrected chi connectivity index (χ1v) is 5.93. The van der Waals surface area contributed by atoms with E-state index in [9.17, 15) is 8.42 Å². The van der Waals surface area contributed by atoms with Crippen LogP contribution in [0.15, 0.2) is 12.4 Å². The topological polar surface area (TPSA) is 72.2 Å². The molecule has 1 N–H and O–H groups in total. The summed E-state index contributed by atoms with van der Waals surface area (Å²) in [5.41, 5.74) is 0. The number of aromatic nitrogens is 2. The second kappa shape index (κ2) is 5.77. The molecule has 0 bridgehead atoms. The summed E-state index contributed by atoms with van der Waals surface area (Å²) in [7, 11) is -1.66. The summed E-state index contributed by atoms with van der Waals surface area (Å²) in [5, 5.41) is 0. The molecule has 0 aromatic carbocycles. The van der Waals surface area contributed by atoms with Crippen LogP contribution in [0.3, 0.4) is 0 Å². The lowest BCUT2D eigenvalue weighted by molar-refractivity contribution is 0.484. The van der Waals surface area contributed by atoms with Crippen molar-refractivity contribution in [3.8, 4) is 0 Å². The zero-order valence-electron chi connectivity index (χ0n) is 8.64. The molecule has 0 amide bonds. The molecule has 82 valence electrons. The predicted octanol–water partition coefficient (Wildman–Crippen LogP) is 0.877. The third-order valence-electron chi connectivity index (χ3n) is 1.60. The van der Waals surface area contributed by atoms with Gasteiger partial charge in [0.25, 0.3) is 10.1 Å². The highest BCUT2D eigenvalue weighted by Gasteiger charge is 1.93. The van der Waals surface area contributed by atoms with Gasteiger partial charge in [-0.2, -0.15) is 8.42 Å². The van der Waals surface area contributed by atoms with Gasteiger partial charge in [-0.1, -0.05) is 6.92 Å². The lowest BCUT2D eigenvalue weighted by Gasteiger charge is -1.92. The van der Waals surface area contributed by atoms with E-state index >= 15 is 0 Å². The van der Waals surface area contributed by atoms with Gasteiger partial charge in [0.05, 0.1) is 5.75 Å². The summed E-state index contributed by atoms with van der Waals surface area (Å²) in [4.78, 5) is 4.10. The van der Waals surface area contributed by atoms with Gasteiger partial charge in [0.2, 0.25) is 0 Å². The Morgan fingerprint density at radius 2 is 2.00 bits per heavy atom. The Hall–Kier alpha value is -0.880. The maximum absolute atomic E-state index is 9.56. The largest absolute Gasteiger partial charge is 0.338 e. The van der Waals surface area contributed by atoms with Gasteiger partial charge in [-0.3, -0.25) is 4.55 Å². The standard InChI is InChI=1S/C6H10N2.C2H6O3S/c1-3-6-7-4-5-8(6)2;1-2-6(3,4)5/h4-5H,3H2,1-2H3;2H2,1H3,(H,3,4,5). The minimum atomic E-state index is -3.66. The Morgan fingerprint density at radius 1 is 1.50 bits per heavy atom. The number of hydrogen-bond acceptors (Lipinski definition) is 3. The molecule has 1 aromatic heterocycles. The molecule has 1 aromatic rings. The number of nitrogens with zero attached hydrogens (tertiary/aromatic N) is 2. The highest BCUT2D eigenvalue weighted by atomic mass is 32.2. The van der Waals surface area contributed by atoms with Crippen molar-refractivity contribution in [3.05, 3.63) is 18.2 Å². The molecule has 0 saturated heterocycles. The molecule has 0 unspecified atom stereocenters. The van der Waals surface area contributed by atoms with Crippen LogP contribution in [-0.4, -0.2) is 28.3 Å². The van der Waals surface area contributed by atoms with Gasteiger partial charge in [-0.15, -0.1) is 0 Å². The number of rotatable bonds is 2. The molecule has 0 aliphatic carbocycles. The third-order valence-corrected chi connectivity index (χ3v) is 2.33. The average molecular weight is 220 g/mol. The highest BCUT2D eigenvalue weighted by Crippen LogP contribution is 1.92. The van der Waals surface area contributed by atoms with Crippen molar-refractivity contribution in [2.75, 3.05) is 5.75 Å².